The Balaban J connectivity index is 1.65. The zero-order valence-electron chi connectivity index (χ0n) is 13.1. The number of amides is 2. The van der Waals surface area contributed by atoms with Crippen molar-refractivity contribution in [1.82, 2.24) is 15.1 Å². The summed E-state index contributed by atoms with van der Waals surface area (Å²) in [6.07, 6.45) is 3.64. The Bertz CT molecular complexity index is 636. The maximum absolute atomic E-state index is 12.5. The number of nitrogens with one attached hydrogen (secondary N) is 1. The highest BCUT2D eigenvalue weighted by atomic mass is 16.2. The van der Waals surface area contributed by atoms with Gasteiger partial charge in [0.1, 0.15) is 0 Å². The normalized spacial score (nSPS) is 16.9. The van der Waals surface area contributed by atoms with E-state index < -0.39 is 0 Å². The van der Waals surface area contributed by atoms with Crippen molar-refractivity contribution in [3.05, 3.63) is 48.3 Å². The zero-order valence-corrected chi connectivity index (χ0v) is 13.1. The van der Waals surface area contributed by atoms with Crippen LogP contribution in [0.2, 0.25) is 0 Å². The highest BCUT2D eigenvalue weighted by Gasteiger charge is 2.33. The van der Waals surface area contributed by atoms with Crippen molar-refractivity contribution >= 4 is 11.7 Å². The number of para-hydroxylation sites is 1. The number of aromatic nitrogens is 2. The predicted molar refractivity (Wildman–Crippen MR) is 87.0 cm³/mol. The molecule has 2 aromatic rings. The Morgan fingerprint density at radius 2 is 2.18 bits per heavy atom. The van der Waals surface area contributed by atoms with E-state index in [1.807, 2.05) is 40.0 Å². The molecule has 22 heavy (non-hydrogen) atoms. The molecule has 2 amide bonds. The van der Waals surface area contributed by atoms with E-state index in [0.29, 0.717) is 24.9 Å². The number of hydrogen-bond donors (Lipinski definition) is 1. The molecule has 3 rings (SSSR count). The van der Waals surface area contributed by atoms with Crippen LogP contribution in [-0.4, -0.2) is 28.9 Å². The molecule has 1 atom stereocenters. The minimum atomic E-state index is -0.0252. The summed E-state index contributed by atoms with van der Waals surface area (Å²) in [5, 5.41) is 7.12. The molecule has 5 heteroatoms. The molecule has 1 aliphatic rings. The van der Waals surface area contributed by atoms with Gasteiger partial charge in [0.05, 0.1) is 6.54 Å². The maximum atomic E-state index is 12.5. The molecule has 1 aromatic heterocycles. The van der Waals surface area contributed by atoms with Crippen LogP contribution in [0.15, 0.2) is 42.7 Å². The third-order valence-corrected chi connectivity index (χ3v) is 4.23. The monoisotopic (exact) mass is 298 g/mol. The third-order valence-electron chi connectivity index (χ3n) is 4.23. The summed E-state index contributed by atoms with van der Waals surface area (Å²) in [5.41, 5.74) is 2.32. The highest BCUT2D eigenvalue weighted by Crippen LogP contribution is 2.39. The molecular weight excluding hydrogens is 276 g/mol. The number of urea groups is 1. The van der Waals surface area contributed by atoms with Crippen molar-refractivity contribution in [2.24, 2.45) is 5.92 Å². The summed E-state index contributed by atoms with van der Waals surface area (Å²) in [7, 11) is 0. The molecular formula is C17H22N4O. The van der Waals surface area contributed by atoms with E-state index in [4.69, 9.17) is 0 Å². The largest absolute Gasteiger partial charge is 0.336 e. The summed E-state index contributed by atoms with van der Waals surface area (Å²) < 4.78 is 1.81. The maximum Gasteiger partial charge on any atom is 0.321 e. The lowest BCUT2D eigenvalue weighted by molar-refractivity contribution is 0.245. The number of nitrogens with zero attached hydrogens (tertiary/aromatic N) is 3. The van der Waals surface area contributed by atoms with E-state index in [1.54, 1.807) is 6.20 Å². The van der Waals surface area contributed by atoms with Crippen LogP contribution in [0.1, 0.15) is 25.3 Å². The van der Waals surface area contributed by atoms with E-state index >= 15 is 0 Å². The third kappa shape index (κ3) is 2.84. The van der Waals surface area contributed by atoms with Gasteiger partial charge in [0.2, 0.25) is 0 Å². The molecule has 0 aliphatic carbocycles. The SMILES string of the molecule is CC(C)C1CN(C(=O)NCCn2cccn2)c2ccccc21. The van der Waals surface area contributed by atoms with Crippen molar-refractivity contribution < 1.29 is 4.79 Å². The first-order valence-corrected chi connectivity index (χ1v) is 7.78. The quantitative estimate of drug-likeness (QED) is 0.943. The first-order chi connectivity index (χ1) is 10.7. The Morgan fingerprint density at radius 1 is 1.36 bits per heavy atom. The van der Waals surface area contributed by atoms with Crippen LogP contribution in [0.5, 0.6) is 0 Å². The van der Waals surface area contributed by atoms with Gasteiger partial charge in [0.15, 0.2) is 0 Å². The molecule has 0 bridgehead atoms. The lowest BCUT2D eigenvalue weighted by Gasteiger charge is -2.19. The molecule has 0 spiro atoms. The van der Waals surface area contributed by atoms with Crippen molar-refractivity contribution in [2.75, 3.05) is 18.0 Å². The van der Waals surface area contributed by atoms with Crippen molar-refractivity contribution in [1.29, 1.82) is 0 Å². The average molecular weight is 298 g/mol. The molecule has 116 valence electrons. The lowest BCUT2D eigenvalue weighted by Crippen LogP contribution is -2.41. The summed E-state index contributed by atoms with van der Waals surface area (Å²) in [4.78, 5) is 14.4. The fraction of sp³-hybridized carbons (Fsp3) is 0.412. The number of anilines is 1. The van der Waals surface area contributed by atoms with Crippen LogP contribution in [0.3, 0.4) is 0 Å². The van der Waals surface area contributed by atoms with Gasteiger partial charge < -0.3 is 5.32 Å². The molecule has 5 nitrogen and oxygen atoms in total. The smallest absolute Gasteiger partial charge is 0.321 e. The number of hydrogen-bond acceptors (Lipinski definition) is 2. The van der Waals surface area contributed by atoms with Gasteiger partial charge in [-0.3, -0.25) is 9.58 Å². The Labute approximate surface area is 130 Å². The number of carbonyl (C=O) groups is 1. The van der Waals surface area contributed by atoms with E-state index in [9.17, 15) is 4.79 Å². The van der Waals surface area contributed by atoms with Gasteiger partial charge in [-0.1, -0.05) is 32.0 Å². The fourth-order valence-corrected chi connectivity index (χ4v) is 3.01. The van der Waals surface area contributed by atoms with Crippen LogP contribution < -0.4 is 10.2 Å². The number of benzene rings is 1. The molecule has 0 saturated carbocycles. The highest BCUT2D eigenvalue weighted by molar-refractivity contribution is 5.94. The first-order valence-electron chi connectivity index (χ1n) is 7.78. The predicted octanol–water partition coefficient (Wildman–Crippen LogP) is 2.85. The van der Waals surface area contributed by atoms with Gasteiger partial charge in [-0.15, -0.1) is 0 Å². The number of carbonyl (C=O) groups excluding carboxylic acids is 1. The van der Waals surface area contributed by atoms with E-state index in [1.165, 1.54) is 5.56 Å². The molecule has 0 radical (unpaired) electrons. The molecule has 2 heterocycles. The minimum absolute atomic E-state index is 0.0252. The molecule has 1 unspecified atom stereocenters. The van der Waals surface area contributed by atoms with Crippen molar-refractivity contribution in [3.63, 3.8) is 0 Å². The standard InChI is InChI=1S/C17H22N4O/c1-13(2)15-12-21(16-7-4-3-6-14(15)16)17(22)18-9-11-20-10-5-8-19-20/h3-8,10,13,15H,9,11-12H2,1-2H3,(H,18,22). The van der Waals surface area contributed by atoms with E-state index in [2.05, 4.69) is 30.3 Å². The second-order valence-electron chi connectivity index (χ2n) is 6.02. The molecule has 1 N–H and O–H groups in total. The van der Waals surface area contributed by atoms with E-state index in [0.717, 1.165) is 12.2 Å². The lowest BCUT2D eigenvalue weighted by atomic mass is 9.90. The van der Waals surface area contributed by atoms with Crippen LogP contribution in [0, 0.1) is 5.92 Å². The van der Waals surface area contributed by atoms with Crippen LogP contribution >= 0.6 is 0 Å². The summed E-state index contributed by atoms with van der Waals surface area (Å²) in [5.74, 6) is 0.927. The topological polar surface area (TPSA) is 50.2 Å². The fourth-order valence-electron chi connectivity index (χ4n) is 3.01. The van der Waals surface area contributed by atoms with Crippen LogP contribution in [0.25, 0.3) is 0 Å². The Kier molecular flexibility index (Phi) is 4.13. The van der Waals surface area contributed by atoms with Gasteiger partial charge in [0.25, 0.3) is 0 Å². The zero-order chi connectivity index (χ0) is 15.5. The number of rotatable bonds is 4. The second-order valence-corrected chi connectivity index (χ2v) is 6.02. The van der Waals surface area contributed by atoms with E-state index in [-0.39, 0.29) is 6.03 Å². The summed E-state index contributed by atoms with van der Waals surface area (Å²) in [6, 6.07) is 10.1. The van der Waals surface area contributed by atoms with Gasteiger partial charge in [-0.05, 0) is 23.6 Å². The van der Waals surface area contributed by atoms with Gasteiger partial charge in [0, 0.05) is 37.1 Å². The number of fused-ring (bicyclic) bond motifs is 1. The van der Waals surface area contributed by atoms with Crippen molar-refractivity contribution in [2.45, 2.75) is 26.3 Å². The molecule has 1 aliphatic heterocycles. The van der Waals surface area contributed by atoms with Gasteiger partial charge >= 0.3 is 6.03 Å². The molecule has 1 aromatic carbocycles. The first kappa shape index (κ1) is 14.6. The summed E-state index contributed by atoms with van der Waals surface area (Å²) in [6.45, 7) is 6.43. The van der Waals surface area contributed by atoms with Gasteiger partial charge in [-0.25, -0.2) is 4.79 Å². The molecule has 0 saturated heterocycles. The Morgan fingerprint density at radius 3 is 2.91 bits per heavy atom. The summed E-state index contributed by atoms with van der Waals surface area (Å²) >= 11 is 0. The second kappa shape index (κ2) is 6.22. The average Bonchev–Trinajstić information content (AvgIpc) is 3.14. The van der Waals surface area contributed by atoms with Crippen molar-refractivity contribution in [3.8, 4) is 0 Å². The van der Waals surface area contributed by atoms with Crippen LogP contribution in [0.4, 0.5) is 10.5 Å². The van der Waals surface area contributed by atoms with Gasteiger partial charge in [-0.2, -0.15) is 5.10 Å². The molecule has 0 fully saturated rings. The Hall–Kier alpha value is -2.30. The van der Waals surface area contributed by atoms with Crippen LogP contribution in [-0.2, 0) is 6.54 Å². The minimum Gasteiger partial charge on any atom is -0.336 e.